The van der Waals surface area contributed by atoms with Crippen LogP contribution >= 0.6 is 0 Å². The number of para-hydroxylation sites is 1. The number of H-pyrrole nitrogens is 1. The van der Waals surface area contributed by atoms with Crippen LogP contribution in [-0.4, -0.2) is 9.55 Å². The highest BCUT2D eigenvalue weighted by atomic mass is 14.9. The summed E-state index contributed by atoms with van der Waals surface area (Å²) >= 11 is 0. The summed E-state index contributed by atoms with van der Waals surface area (Å²) in [5.74, 6) is 0. The Morgan fingerprint density at radius 2 is 1.94 bits per heavy atom. The van der Waals surface area contributed by atoms with E-state index in [2.05, 4.69) is 47.3 Å². The molecule has 0 aliphatic heterocycles. The van der Waals surface area contributed by atoms with Crippen LogP contribution < -0.4 is 0 Å². The Kier molecular flexibility index (Phi) is 2.37. The lowest BCUT2D eigenvalue weighted by atomic mass is 10.1. The molecule has 0 spiro atoms. The lowest BCUT2D eigenvalue weighted by molar-refractivity contribution is 0.908. The van der Waals surface area contributed by atoms with Gasteiger partial charge in [0, 0.05) is 35.4 Å². The number of fused-ring (bicyclic) bond motifs is 1. The first-order valence-electron chi connectivity index (χ1n) is 6.07. The molecule has 0 saturated carbocycles. The van der Waals surface area contributed by atoms with Gasteiger partial charge in [-0.15, -0.1) is 0 Å². The number of aromatic nitrogens is 2. The first kappa shape index (κ1) is 10.9. The number of nitrogens with one attached hydrogen (secondary N) is 1. The molecule has 1 N–H and O–H groups in total. The fourth-order valence-electron chi connectivity index (χ4n) is 2.49. The average Bonchev–Trinajstić information content (AvgIpc) is 2.94. The highest BCUT2D eigenvalue weighted by Crippen LogP contribution is 2.29. The van der Waals surface area contributed by atoms with Gasteiger partial charge in [-0.3, -0.25) is 0 Å². The zero-order valence-corrected chi connectivity index (χ0v) is 10.7. The lowest BCUT2D eigenvalue weighted by Crippen LogP contribution is -1.96. The van der Waals surface area contributed by atoms with E-state index in [9.17, 15) is 0 Å². The molecule has 0 unspecified atom stereocenters. The fourth-order valence-corrected chi connectivity index (χ4v) is 2.49. The van der Waals surface area contributed by atoms with Gasteiger partial charge in [-0.05, 0) is 30.7 Å². The number of aryl methyl sites for hydroxylation is 2. The van der Waals surface area contributed by atoms with E-state index in [1.54, 1.807) is 0 Å². The van der Waals surface area contributed by atoms with Gasteiger partial charge in [-0.1, -0.05) is 24.8 Å². The average molecular weight is 236 g/mol. The first-order valence-corrected chi connectivity index (χ1v) is 6.07. The molecular weight excluding hydrogens is 220 g/mol. The predicted molar refractivity (Wildman–Crippen MR) is 76.6 cm³/mol. The lowest BCUT2D eigenvalue weighted by Gasteiger charge is -2.06. The third kappa shape index (κ3) is 1.50. The molecule has 2 aromatic heterocycles. The van der Waals surface area contributed by atoms with E-state index in [0.29, 0.717) is 0 Å². The zero-order chi connectivity index (χ0) is 12.7. The molecule has 2 heterocycles. The number of benzene rings is 1. The molecule has 0 saturated heterocycles. The highest BCUT2D eigenvalue weighted by Gasteiger charge is 2.12. The monoisotopic (exact) mass is 236 g/mol. The van der Waals surface area contributed by atoms with E-state index >= 15 is 0 Å². The number of hydrogen-bond acceptors (Lipinski definition) is 0. The maximum absolute atomic E-state index is 4.23. The van der Waals surface area contributed by atoms with Crippen molar-refractivity contribution in [2.24, 2.45) is 7.05 Å². The maximum Gasteiger partial charge on any atom is 0.0509 e. The molecule has 3 rings (SSSR count). The molecule has 18 heavy (non-hydrogen) atoms. The van der Waals surface area contributed by atoms with Crippen LogP contribution in [-0.2, 0) is 7.05 Å². The summed E-state index contributed by atoms with van der Waals surface area (Å²) in [7, 11) is 2.04. The van der Waals surface area contributed by atoms with Gasteiger partial charge in [0.2, 0.25) is 0 Å². The standard InChI is InChI=1S/C16H16N2/c1-11-13-7-4-5-8-14(13)17-16(11)12(2)15-9-6-10-18(15)3/h4-10,17H,2H2,1,3H3. The van der Waals surface area contributed by atoms with Gasteiger partial charge < -0.3 is 9.55 Å². The van der Waals surface area contributed by atoms with Crippen molar-refractivity contribution in [3.63, 3.8) is 0 Å². The van der Waals surface area contributed by atoms with Crippen LogP contribution in [0.25, 0.3) is 16.5 Å². The number of rotatable bonds is 2. The van der Waals surface area contributed by atoms with E-state index in [-0.39, 0.29) is 0 Å². The number of hydrogen-bond donors (Lipinski definition) is 1. The summed E-state index contributed by atoms with van der Waals surface area (Å²) in [6.45, 7) is 6.37. The normalized spacial score (nSPS) is 11.0. The molecule has 2 heteroatoms. The zero-order valence-electron chi connectivity index (χ0n) is 10.7. The van der Waals surface area contributed by atoms with Crippen molar-refractivity contribution in [1.29, 1.82) is 0 Å². The summed E-state index contributed by atoms with van der Waals surface area (Å²) in [4.78, 5) is 3.47. The van der Waals surface area contributed by atoms with Crippen LogP contribution in [0.15, 0.2) is 49.2 Å². The van der Waals surface area contributed by atoms with E-state index in [4.69, 9.17) is 0 Å². The molecule has 0 aliphatic rings. The van der Waals surface area contributed by atoms with Gasteiger partial charge in [-0.25, -0.2) is 0 Å². The maximum atomic E-state index is 4.23. The van der Waals surface area contributed by atoms with Gasteiger partial charge in [0.1, 0.15) is 0 Å². The smallest absolute Gasteiger partial charge is 0.0509 e. The minimum absolute atomic E-state index is 1.04. The Hall–Kier alpha value is -2.22. The Morgan fingerprint density at radius 1 is 1.17 bits per heavy atom. The Balaban J connectivity index is 2.18. The second-order valence-corrected chi connectivity index (χ2v) is 4.65. The van der Waals surface area contributed by atoms with Crippen LogP contribution in [0.4, 0.5) is 0 Å². The largest absolute Gasteiger partial charge is 0.354 e. The minimum atomic E-state index is 1.04. The molecule has 90 valence electrons. The molecule has 0 radical (unpaired) electrons. The molecule has 0 atom stereocenters. The van der Waals surface area contributed by atoms with E-state index in [1.807, 2.05) is 25.4 Å². The van der Waals surface area contributed by atoms with Crippen molar-refractivity contribution in [2.45, 2.75) is 6.92 Å². The third-order valence-electron chi connectivity index (χ3n) is 3.52. The summed E-state index contributed by atoms with van der Waals surface area (Å²) in [6, 6.07) is 12.5. The molecule has 3 aromatic rings. The minimum Gasteiger partial charge on any atom is -0.354 e. The molecule has 0 bridgehead atoms. The second-order valence-electron chi connectivity index (χ2n) is 4.65. The van der Waals surface area contributed by atoms with Gasteiger partial charge in [0.15, 0.2) is 0 Å². The van der Waals surface area contributed by atoms with Gasteiger partial charge >= 0.3 is 0 Å². The molecule has 0 aliphatic carbocycles. The van der Waals surface area contributed by atoms with Crippen LogP contribution in [0.3, 0.4) is 0 Å². The van der Waals surface area contributed by atoms with E-state index < -0.39 is 0 Å². The van der Waals surface area contributed by atoms with Crippen molar-refractivity contribution >= 4 is 16.5 Å². The van der Waals surface area contributed by atoms with E-state index in [1.165, 1.54) is 16.5 Å². The third-order valence-corrected chi connectivity index (χ3v) is 3.52. The Morgan fingerprint density at radius 3 is 2.61 bits per heavy atom. The topological polar surface area (TPSA) is 20.7 Å². The van der Waals surface area contributed by atoms with Gasteiger partial charge in [0.05, 0.1) is 5.69 Å². The van der Waals surface area contributed by atoms with Crippen LogP contribution in [0.1, 0.15) is 17.0 Å². The Labute approximate surface area is 107 Å². The molecule has 0 fully saturated rings. The number of aromatic amines is 1. The van der Waals surface area contributed by atoms with Crippen molar-refractivity contribution in [2.75, 3.05) is 0 Å². The first-order chi connectivity index (χ1) is 8.68. The summed E-state index contributed by atoms with van der Waals surface area (Å²) in [5, 5.41) is 1.27. The summed E-state index contributed by atoms with van der Waals surface area (Å²) < 4.78 is 2.09. The quantitative estimate of drug-likeness (QED) is 0.697. The van der Waals surface area contributed by atoms with Gasteiger partial charge in [-0.2, -0.15) is 0 Å². The predicted octanol–water partition coefficient (Wildman–Crippen LogP) is 3.88. The highest BCUT2D eigenvalue weighted by molar-refractivity contribution is 5.91. The van der Waals surface area contributed by atoms with Crippen LogP contribution in [0.2, 0.25) is 0 Å². The molecule has 0 amide bonds. The Bertz CT molecular complexity index is 728. The van der Waals surface area contributed by atoms with Crippen molar-refractivity contribution in [1.82, 2.24) is 9.55 Å². The number of nitrogens with zero attached hydrogens (tertiary/aromatic N) is 1. The van der Waals surface area contributed by atoms with Crippen molar-refractivity contribution in [3.05, 3.63) is 66.1 Å². The SMILES string of the molecule is C=C(c1[nH]c2ccccc2c1C)c1cccn1C. The van der Waals surface area contributed by atoms with Crippen molar-refractivity contribution in [3.8, 4) is 0 Å². The van der Waals surface area contributed by atoms with Gasteiger partial charge in [0.25, 0.3) is 0 Å². The van der Waals surface area contributed by atoms with Crippen molar-refractivity contribution < 1.29 is 0 Å². The van der Waals surface area contributed by atoms with E-state index in [0.717, 1.165) is 17.0 Å². The molecular formula is C16H16N2. The fraction of sp³-hybridized carbons (Fsp3) is 0.125. The second kappa shape index (κ2) is 3.91. The molecule has 1 aromatic carbocycles. The molecule has 2 nitrogen and oxygen atoms in total. The summed E-state index contributed by atoms with van der Waals surface area (Å²) in [6.07, 6.45) is 2.04. The van der Waals surface area contributed by atoms with Crippen LogP contribution in [0.5, 0.6) is 0 Å². The summed E-state index contributed by atoms with van der Waals surface area (Å²) in [5.41, 5.74) is 5.73. The van der Waals surface area contributed by atoms with Crippen LogP contribution in [0, 0.1) is 6.92 Å².